The molecule has 1 aromatic rings. The first-order valence-electron chi connectivity index (χ1n) is 7.37. The second-order valence-corrected chi connectivity index (χ2v) is 6.02. The van der Waals surface area contributed by atoms with Crippen LogP contribution in [0, 0.1) is 0 Å². The molecule has 2 heterocycles. The summed E-state index contributed by atoms with van der Waals surface area (Å²) in [5, 5.41) is 0.788. The van der Waals surface area contributed by atoms with E-state index in [4.69, 9.17) is 22.1 Å². The minimum absolute atomic E-state index is 0.275. The van der Waals surface area contributed by atoms with Gasteiger partial charge in [-0.25, -0.2) is 0 Å². The average molecular weight is 296 g/mol. The molecule has 20 heavy (non-hydrogen) atoms. The fourth-order valence-corrected chi connectivity index (χ4v) is 3.22. The number of halogens is 1. The van der Waals surface area contributed by atoms with Crippen molar-refractivity contribution >= 4 is 23.0 Å². The predicted molar refractivity (Wildman–Crippen MR) is 83.9 cm³/mol. The zero-order chi connectivity index (χ0) is 13.9. The molecule has 0 spiro atoms. The van der Waals surface area contributed by atoms with Crippen LogP contribution in [0.25, 0.3) is 0 Å². The fourth-order valence-electron chi connectivity index (χ4n) is 3.05. The van der Waals surface area contributed by atoms with Crippen molar-refractivity contribution in [2.45, 2.75) is 18.9 Å². The van der Waals surface area contributed by atoms with E-state index in [0.717, 1.165) is 57.3 Å². The van der Waals surface area contributed by atoms with Crippen molar-refractivity contribution in [1.29, 1.82) is 0 Å². The van der Waals surface area contributed by atoms with Crippen molar-refractivity contribution in [2.24, 2.45) is 5.73 Å². The van der Waals surface area contributed by atoms with Crippen LogP contribution in [0.1, 0.15) is 12.8 Å². The van der Waals surface area contributed by atoms with E-state index in [0.29, 0.717) is 0 Å². The van der Waals surface area contributed by atoms with Gasteiger partial charge in [0.15, 0.2) is 0 Å². The molecule has 3 rings (SSSR count). The number of hydrogen-bond donors (Lipinski definition) is 1. The molecule has 2 aliphatic heterocycles. The Labute approximate surface area is 125 Å². The average Bonchev–Trinajstić information content (AvgIpc) is 2.48. The summed E-state index contributed by atoms with van der Waals surface area (Å²) in [4.78, 5) is 4.76. The van der Waals surface area contributed by atoms with Crippen molar-refractivity contribution in [3.05, 3.63) is 23.2 Å². The maximum atomic E-state index is 6.20. The van der Waals surface area contributed by atoms with Gasteiger partial charge in [-0.3, -0.25) is 0 Å². The van der Waals surface area contributed by atoms with E-state index in [9.17, 15) is 0 Å². The summed E-state index contributed by atoms with van der Waals surface area (Å²) in [6.45, 7) is 5.42. The molecule has 4 nitrogen and oxygen atoms in total. The van der Waals surface area contributed by atoms with Crippen molar-refractivity contribution in [3.8, 4) is 0 Å². The Kier molecular flexibility index (Phi) is 4.34. The van der Waals surface area contributed by atoms with Crippen LogP contribution in [0.2, 0.25) is 5.02 Å². The smallest absolute Gasteiger partial charge is 0.0642 e. The minimum Gasteiger partial charge on any atom is -0.378 e. The van der Waals surface area contributed by atoms with Gasteiger partial charge in [0.25, 0.3) is 0 Å². The number of nitrogens with two attached hydrogens (primary N) is 1. The van der Waals surface area contributed by atoms with Gasteiger partial charge in [-0.15, -0.1) is 0 Å². The van der Waals surface area contributed by atoms with Gasteiger partial charge < -0.3 is 20.3 Å². The molecule has 0 unspecified atom stereocenters. The zero-order valence-corrected chi connectivity index (χ0v) is 12.5. The van der Waals surface area contributed by atoms with Gasteiger partial charge in [0, 0.05) is 37.2 Å². The first-order chi connectivity index (χ1) is 9.74. The summed E-state index contributed by atoms with van der Waals surface area (Å²) in [6, 6.07) is 6.45. The molecule has 0 aromatic heterocycles. The highest BCUT2D eigenvalue weighted by molar-refractivity contribution is 6.31. The SMILES string of the molecule is N[C@@H]1CCCN(c2ccc(Cl)cc2N2CCOCC2)C1. The normalized spacial score (nSPS) is 24.0. The summed E-state index contributed by atoms with van der Waals surface area (Å²) in [5.41, 5.74) is 8.59. The van der Waals surface area contributed by atoms with E-state index in [1.54, 1.807) is 0 Å². The first kappa shape index (κ1) is 14.0. The molecule has 2 aliphatic rings. The van der Waals surface area contributed by atoms with Crippen LogP contribution >= 0.6 is 11.6 Å². The summed E-state index contributed by atoms with van der Waals surface area (Å²) < 4.78 is 5.45. The molecule has 0 radical (unpaired) electrons. The summed E-state index contributed by atoms with van der Waals surface area (Å²) in [6.07, 6.45) is 2.28. The van der Waals surface area contributed by atoms with Crippen LogP contribution < -0.4 is 15.5 Å². The molecule has 110 valence electrons. The lowest BCUT2D eigenvalue weighted by atomic mass is 10.1. The number of morpholine rings is 1. The van der Waals surface area contributed by atoms with Gasteiger partial charge in [0.05, 0.1) is 24.6 Å². The molecular weight excluding hydrogens is 274 g/mol. The van der Waals surface area contributed by atoms with Crippen molar-refractivity contribution in [2.75, 3.05) is 49.2 Å². The van der Waals surface area contributed by atoms with Crippen molar-refractivity contribution < 1.29 is 4.74 Å². The topological polar surface area (TPSA) is 41.7 Å². The van der Waals surface area contributed by atoms with E-state index < -0.39 is 0 Å². The van der Waals surface area contributed by atoms with Crippen molar-refractivity contribution in [3.63, 3.8) is 0 Å². The van der Waals surface area contributed by atoms with Crippen LogP contribution in [0.15, 0.2) is 18.2 Å². The largest absolute Gasteiger partial charge is 0.378 e. The maximum Gasteiger partial charge on any atom is 0.0642 e. The number of ether oxygens (including phenoxy) is 1. The third kappa shape index (κ3) is 3.03. The van der Waals surface area contributed by atoms with E-state index >= 15 is 0 Å². The van der Waals surface area contributed by atoms with Gasteiger partial charge in [-0.2, -0.15) is 0 Å². The lowest BCUT2D eigenvalue weighted by Crippen LogP contribution is -2.44. The Bertz CT molecular complexity index is 462. The Morgan fingerprint density at radius 3 is 2.65 bits per heavy atom. The Hall–Kier alpha value is -0.970. The second kappa shape index (κ2) is 6.20. The number of nitrogens with zero attached hydrogens (tertiary/aromatic N) is 2. The zero-order valence-electron chi connectivity index (χ0n) is 11.7. The number of anilines is 2. The van der Waals surface area contributed by atoms with Crippen LogP contribution in [-0.4, -0.2) is 45.4 Å². The predicted octanol–water partition coefficient (Wildman–Crippen LogP) is 2.10. The molecule has 5 heteroatoms. The molecule has 1 aromatic carbocycles. The van der Waals surface area contributed by atoms with Crippen LogP contribution in [0.3, 0.4) is 0 Å². The second-order valence-electron chi connectivity index (χ2n) is 5.58. The Morgan fingerprint density at radius 1 is 1.10 bits per heavy atom. The van der Waals surface area contributed by atoms with E-state index in [2.05, 4.69) is 21.9 Å². The highest BCUT2D eigenvalue weighted by Crippen LogP contribution is 2.34. The van der Waals surface area contributed by atoms with Crippen LogP contribution in [-0.2, 0) is 4.74 Å². The van der Waals surface area contributed by atoms with Gasteiger partial charge in [0.1, 0.15) is 0 Å². The van der Waals surface area contributed by atoms with E-state index in [1.165, 1.54) is 11.4 Å². The molecular formula is C15H22ClN3O. The first-order valence-corrected chi connectivity index (χ1v) is 7.74. The van der Waals surface area contributed by atoms with Gasteiger partial charge in [0.2, 0.25) is 0 Å². The Balaban J connectivity index is 1.88. The molecule has 2 N–H and O–H groups in total. The van der Waals surface area contributed by atoms with Gasteiger partial charge in [-0.05, 0) is 31.0 Å². The summed E-state index contributed by atoms with van der Waals surface area (Å²) in [5.74, 6) is 0. The number of piperidine rings is 1. The lowest BCUT2D eigenvalue weighted by molar-refractivity contribution is 0.122. The van der Waals surface area contributed by atoms with Crippen LogP contribution in [0.5, 0.6) is 0 Å². The lowest BCUT2D eigenvalue weighted by Gasteiger charge is -2.37. The molecule has 2 saturated heterocycles. The molecule has 0 bridgehead atoms. The summed E-state index contributed by atoms with van der Waals surface area (Å²) >= 11 is 6.20. The van der Waals surface area contributed by atoms with Gasteiger partial charge >= 0.3 is 0 Å². The molecule has 1 atom stereocenters. The standard InChI is InChI=1S/C15H22ClN3O/c16-12-3-4-14(19-5-1-2-13(17)11-19)15(10-12)18-6-8-20-9-7-18/h3-4,10,13H,1-2,5-9,11,17H2/t13-/m1/s1. The minimum atomic E-state index is 0.275. The highest BCUT2D eigenvalue weighted by atomic mass is 35.5. The van der Waals surface area contributed by atoms with E-state index in [1.807, 2.05) is 6.07 Å². The Morgan fingerprint density at radius 2 is 1.90 bits per heavy atom. The third-order valence-electron chi connectivity index (χ3n) is 4.09. The molecule has 0 aliphatic carbocycles. The number of rotatable bonds is 2. The summed E-state index contributed by atoms with van der Waals surface area (Å²) in [7, 11) is 0. The quantitative estimate of drug-likeness (QED) is 0.907. The maximum absolute atomic E-state index is 6.20. The highest BCUT2D eigenvalue weighted by Gasteiger charge is 2.22. The third-order valence-corrected chi connectivity index (χ3v) is 4.32. The number of hydrogen-bond acceptors (Lipinski definition) is 4. The van der Waals surface area contributed by atoms with Crippen LogP contribution in [0.4, 0.5) is 11.4 Å². The van der Waals surface area contributed by atoms with Gasteiger partial charge in [-0.1, -0.05) is 11.6 Å². The number of benzene rings is 1. The van der Waals surface area contributed by atoms with E-state index in [-0.39, 0.29) is 6.04 Å². The monoisotopic (exact) mass is 295 g/mol. The molecule has 2 fully saturated rings. The fraction of sp³-hybridized carbons (Fsp3) is 0.600. The molecule has 0 saturated carbocycles. The van der Waals surface area contributed by atoms with Crippen molar-refractivity contribution in [1.82, 2.24) is 0 Å². The molecule has 0 amide bonds.